The molecule has 5 nitrogen and oxygen atoms in total. The predicted octanol–water partition coefficient (Wildman–Crippen LogP) is 4.89. The van der Waals surface area contributed by atoms with Crippen molar-refractivity contribution in [3.05, 3.63) is 35.5 Å². The molecule has 1 aromatic heterocycles. The van der Waals surface area contributed by atoms with Crippen LogP contribution in [0.2, 0.25) is 0 Å². The smallest absolute Gasteiger partial charge is 0.416 e. The van der Waals surface area contributed by atoms with Crippen LogP contribution < -0.4 is 4.74 Å². The number of halogens is 3. The van der Waals surface area contributed by atoms with Crippen molar-refractivity contribution in [2.75, 3.05) is 26.8 Å². The van der Waals surface area contributed by atoms with Crippen LogP contribution in [0, 0.1) is 0 Å². The van der Waals surface area contributed by atoms with Crippen LogP contribution in [0.4, 0.5) is 13.2 Å². The molecule has 1 fully saturated rings. The van der Waals surface area contributed by atoms with Gasteiger partial charge in [0.25, 0.3) is 0 Å². The van der Waals surface area contributed by atoms with Crippen LogP contribution in [-0.4, -0.2) is 48.0 Å². The second-order valence-electron chi connectivity index (χ2n) is 7.53. The maximum absolute atomic E-state index is 13.5. The Morgan fingerprint density at radius 1 is 1.24 bits per heavy atom. The van der Waals surface area contributed by atoms with E-state index in [2.05, 4.69) is 22.0 Å². The number of nitrogens with zero attached hydrogens (tertiary/aromatic N) is 2. The third-order valence-electron chi connectivity index (χ3n) is 5.05. The summed E-state index contributed by atoms with van der Waals surface area (Å²) in [5, 5.41) is 6.95. The molecule has 3 rings (SSSR count). The van der Waals surface area contributed by atoms with Gasteiger partial charge in [-0.25, -0.2) is 0 Å². The Labute approximate surface area is 169 Å². The van der Waals surface area contributed by atoms with Gasteiger partial charge in [0.15, 0.2) is 0 Å². The second-order valence-corrected chi connectivity index (χ2v) is 7.53. The minimum Gasteiger partial charge on any atom is -0.490 e. The van der Waals surface area contributed by atoms with Crippen LogP contribution >= 0.6 is 0 Å². The third-order valence-corrected chi connectivity index (χ3v) is 5.05. The predicted molar refractivity (Wildman–Crippen MR) is 105 cm³/mol. The summed E-state index contributed by atoms with van der Waals surface area (Å²) in [4.78, 5) is 2.14. The summed E-state index contributed by atoms with van der Waals surface area (Å²) in [5.74, 6) is 0.224. The molecule has 1 aliphatic heterocycles. The summed E-state index contributed by atoms with van der Waals surface area (Å²) in [7, 11) is 2.00. The lowest BCUT2D eigenvalue weighted by atomic mass is 10.0. The van der Waals surface area contributed by atoms with E-state index >= 15 is 0 Å². The Kier molecular flexibility index (Phi) is 7.18. The second kappa shape index (κ2) is 9.63. The first-order valence-electron chi connectivity index (χ1n) is 10.0. The van der Waals surface area contributed by atoms with E-state index in [4.69, 9.17) is 9.47 Å². The summed E-state index contributed by atoms with van der Waals surface area (Å²) in [6, 6.07) is 3.88. The van der Waals surface area contributed by atoms with Crippen LogP contribution in [0.3, 0.4) is 0 Å². The summed E-state index contributed by atoms with van der Waals surface area (Å²) in [5.41, 5.74) is 1.16. The first-order valence-corrected chi connectivity index (χ1v) is 10.0. The molecule has 0 unspecified atom stereocenters. The third kappa shape index (κ3) is 5.96. The maximum Gasteiger partial charge on any atom is 0.416 e. The van der Waals surface area contributed by atoms with E-state index < -0.39 is 11.7 Å². The highest BCUT2D eigenvalue weighted by molar-refractivity contribution is 5.66. The topological polar surface area (TPSA) is 50.4 Å². The lowest BCUT2D eigenvalue weighted by Gasteiger charge is -2.24. The van der Waals surface area contributed by atoms with Crippen LogP contribution in [0.1, 0.15) is 43.7 Å². The first-order chi connectivity index (χ1) is 13.9. The maximum atomic E-state index is 13.5. The van der Waals surface area contributed by atoms with Gasteiger partial charge in [-0.1, -0.05) is 13.3 Å². The number of aromatic amines is 1. The van der Waals surface area contributed by atoms with Gasteiger partial charge in [0, 0.05) is 30.5 Å². The molecule has 0 aliphatic carbocycles. The monoisotopic (exact) mass is 411 g/mol. The number of H-pyrrole nitrogens is 1. The highest BCUT2D eigenvalue weighted by Gasteiger charge is 2.32. The van der Waals surface area contributed by atoms with Crippen LogP contribution in [0.15, 0.2) is 24.4 Å². The van der Waals surface area contributed by atoms with Crippen molar-refractivity contribution in [3.63, 3.8) is 0 Å². The molecule has 1 aliphatic rings. The molecule has 1 aromatic carbocycles. The highest BCUT2D eigenvalue weighted by atomic mass is 19.4. The fourth-order valence-electron chi connectivity index (χ4n) is 3.44. The van der Waals surface area contributed by atoms with Gasteiger partial charge in [-0.15, -0.1) is 0 Å². The Morgan fingerprint density at radius 2 is 2.00 bits per heavy atom. The van der Waals surface area contributed by atoms with Gasteiger partial charge in [-0.2, -0.15) is 18.3 Å². The van der Waals surface area contributed by atoms with Crippen molar-refractivity contribution in [2.45, 2.75) is 51.4 Å². The quantitative estimate of drug-likeness (QED) is 0.672. The molecule has 0 bridgehead atoms. The standard InChI is InChI=1S/C21H28F3N3O2/c1-3-4-7-27(2)14-16-13-25-26-20(16)15-10-17(21(22,23)24)12-19(11-15)29-18-5-8-28-9-6-18/h10-13,18H,3-9,14H2,1-2H3,(H,25,26). The number of aromatic nitrogens is 2. The molecule has 8 heteroatoms. The van der Waals surface area contributed by atoms with Crippen molar-refractivity contribution in [2.24, 2.45) is 0 Å². The minimum absolute atomic E-state index is 0.138. The van der Waals surface area contributed by atoms with Crippen molar-refractivity contribution in [1.82, 2.24) is 15.1 Å². The molecular weight excluding hydrogens is 383 g/mol. The Bertz CT molecular complexity index is 786. The summed E-state index contributed by atoms with van der Waals surface area (Å²) in [6.07, 6.45) is 0.575. The molecule has 0 atom stereocenters. The van der Waals surface area contributed by atoms with Gasteiger partial charge in [0.2, 0.25) is 0 Å². The van der Waals surface area contributed by atoms with E-state index in [1.165, 1.54) is 0 Å². The average molecular weight is 411 g/mol. The van der Waals surface area contributed by atoms with Gasteiger partial charge in [-0.05, 0) is 38.2 Å². The normalized spacial score (nSPS) is 15.8. The minimum atomic E-state index is -4.46. The number of ether oxygens (including phenoxy) is 2. The zero-order valence-corrected chi connectivity index (χ0v) is 16.9. The van der Waals surface area contributed by atoms with Crippen LogP contribution in [0.5, 0.6) is 5.75 Å². The van der Waals surface area contributed by atoms with Crippen molar-refractivity contribution in [1.29, 1.82) is 0 Å². The lowest BCUT2D eigenvalue weighted by Crippen LogP contribution is -2.26. The van der Waals surface area contributed by atoms with Gasteiger partial charge in [0.05, 0.1) is 30.7 Å². The van der Waals surface area contributed by atoms with Crippen LogP contribution in [0.25, 0.3) is 11.3 Å². The van der Waals surface area contributed by atoms with E-state index in [1.54, 1.807) is 12.3 Å². The van der Waals surface area contributed by atoms with Crippen molar-refractivity contribution in [3.8, 4) is 17.0 Å². The molecular formula is C21H28F3N3O2. The molecule has 160 valence electrons. The SMILES string of the molecule is CCCCN(C)Cc1cn[nH]c1-c1cc(OC2CCOCC2)cc(C(F)(F)F)c1. The van der Waals surface area contributed by atoms with E-state index in [1.807, 2.05) is 7.05 Å². The van der Waals surface area contributed by atoms with Gasteiger partial charge < -0.3 is 14.4 Å². The number of benzene rings is 1. The van der Waals surface area contributed by atoms with Gasteiger partial charge in [-0.3, -0.25) is 5.10 Å². The number of nitrogens with one attached hydrogen (secondary N) is 1. The molecule has 1 saturated heterocycles. The molecule has 2 aromatic rings. The zero-order chi connectivity index (χ0) is 20.9. The number of hydrogen-bond acceptors (Lipinski definition) is 4. The molecule has 0 radical (unpaired) electrons. The average Bonchev–Trinajstić information content (AvgIpc) is 3.14. The zero-order valence-electron chi connectivity index (χ0n) is 16.9. The fraction of sp³-hybridized carbons (Fsp3) is 0.571. The van der Waals surface area contributed by atoms with Crippen LogP contribution in [-0.2, 0) is 17.5 Å². The Balaban J connectivity index is 1.88. The number of hydrogen-bond donors (Lipinski definition) is 1. The number of rotatable bonds is 8. The van der Waals surface area contributed by atoms with E-state index in [0.717, 1.165) is 37.1 Å². The molecule has 0 saturated carbocycles. The van der Waals surface area contributed by atoms with Gasteiger partial charge in [0.1, 0.15) is 11.9 Å². The number of alkyl halides is 3. The molecule has 2 heterocycles. The molecule has 1 N–H and O–H groups in total. The summed E-state index contributed by atoms with van der Waals surface area (Å²) in [6.45, 7) is 4.77. The fourth-order valence-corrected chi connectivity index (χ4v) is 3.44. The molecule has 0 spiro atoms. The Morgan fingerprint density at radius 3 is 2.69 bits per heavy atom. The molecule has 0 amide bonds. The largest absolute Gasteiger partial charge is 0.490 e. The lowest BCUT2D eigenvalue weighted by molar-refractivity contribution is -0.137. The Hall–Kier alpha value is -2.06. The van der Waals surface area contributed by atoms with Crippen molar-refractivity contribution < 1.29 is 22.6 Å². The highest BCUT2D eigenvalue weighted by Crippen LogP contribution is 2.36. The van der Waals surface area contributed by atoms with E-state index in [9.17, 15) is 13.2 Å². The number of unbranched alkanes of at least 4 members (excludes halogenated alkanes) is 1. The summed E-state index contributed by atoms with van der Waals surface area (Å²) >= 11 is 0. The van der Waals surface area contributed by atoms with Crippen molar-refractivity contribution >= 4 is 0 Å². The summed E-state index contributed by atoms with van der Waals surface area (Å²) < 4.78 is 51.7. The van der Waals surface area contributed by atoms with E-state index in [0.29, 0.717) is 43.9 Å². The first kappa shape index (κ1) is 21.6. The van der Waals surface area contributed by atoms with Gasteiger partial charge >= 0.3 is 6.18 Å². The molecule has 29 heavy (non-hydrogen) atoms. The van der Waals surface area contributed by atoms with E-state index in [-0.39, 0.29) is 11.9 Å².